The number of ether oxygens (including phenoxy) is 2. The first-order valence-electron chi connectivity index (χ1n) is 7.03. The molecule has 0 spiro atoms. The summed E-state index contributed by atoms with van der Waals surface area (Å²) in [6.07, 6.45) is 4.62. The average molecular weight is 365 g/mol. The minimum atomic E-state index is -1.29. The van der Waals surface area contributed by atoms with Crippen molar-refractivity contribution in [2.24, 2.45) is 0 Å². The van der Waals surface area contributed by atoms with E-state index in [4.69, 9.17) is 21.1 Å². The normalized spacial score (nSPS) is 12.2. The van der Waals surface area contributed by atoms with Gasteiger partial charge in [-0.1, -0.05) is 29.8 Å². The van der Waals surface area contributed by atoms with Gasteiger partial charge in [0.15, 0.2) is 16.4 Å². The first-order valence-corrected chi connectivity index (χ1v) is 8.97. The van der Waals surface area contributed by atoms with Gasteiger partial charge in [-0.15, -0.1) is 0 Å². The Balaban J connectivity index is 2.39. The molecule has 0 heterocycles. The summed E-state index contributed by atoms with van der Waals surface area (Å²) in [6, 6.07) is 10.3. The zero-order valence-corrected chi connectivity index (χ0v) is 15.1. The zero-order valence-electron chi connectivity index (χ0n) is 13.5. The fourth-order valence-electron chi connectivity index (χ4n) is 2.16. The second kappa shape index (κ2) is 8.24. The number of rotatable bonds is 6. The van der Waals surface area contributed by atoms with E-state index in [0.717, 1.165) is 5.56 Å². The molecule has 0 fully saturated rings. The molecule has 0 aromatic heterocycles. The van der Waals surface area contributed by atoms with Crippen molar-refractivity contribution in [3.8, 4) is 11.5 Å². The molecular weight excluding hydrogens is 348 g/mol. The molecule has 0 amide bonds. The summed E-state index contributed by atoms with van der Waals surface area (Å²) in [5, 5.41) is 0.593. The number of halogens is 1. The molecule has 6 heteroatoms. The number of ketones is 1. The van der Waals surface area contributed by atoms with Gasteiger partial charge in [0.25, 0.3) is 0 Å². The van der Waals surface area contributed by atoms with Crippen LogP contribution >= 0.6 is 11.6 Å². The van der Waals surface area contributed by atoms with Crippen molar-refractivity contribution in [1.29, 1.82) is 0 Å². The highest BCUT2D eigenvalue weighted by molar-refractivity contribution is 7.90. The van der Waals surface area contributed by atoms with E-state index >= 15 is 0 Å². The summed E-state index contributed by atoms with van der Waals surface area (Å²) in [5.41, 5.74) is 1.13. The number of hydrogen-bond acceptors (Lipinski definition) is 4. The van der Waals surface area contributed by atoms with Crippen LogP contribution in [0, 0.1) is 0 Å². The molecule has 0 aliphatic heterocycles. The highest BCUT2D eigenvalue weighted by Crippen LogP contribution is 2.32. The maximum atomic E-state index is 12.5. The molecule has 0 radical (unpaired) electrons. The maximum Gasteiger partial charge on any atom is 0.195 e. The molecule has 0 bridgehead atoms. The van der Waals surface area contributed by atoms with Crippen LogP contribution in [0.5, 0.6) is 11.5 Å². The van der Waals surface area contributed by atoms with E-state index < -0.39 is 11.2 Å². The highest BCUT2D eigenvalue weighted by Gasteiger charge is 2.20. The SMILES string of the molecule is COc1cc(OC)c([S+](C)[O-])cc1C(=O)/C=C/c1cccc(Cl)c1. The summed E-state index contributed by atoms with van der Waals surface area (Å²) in [7, 11) is 2.94. The van der Waals surface area contributed by atoms with Crippen molar-refractivity contribution in [2.75, 3.05) is 20.5 Å². The molecule has 4 nitrogen and oxygen atoms in total. The van der Waals surface area contributed by atoms with Crippen molar-refractivity contribution in [3.63, 3.8) is 0 Å². The molecule has 126 valence electrons. The second-order valence-electron chi connectivity index (χ2n) is 4.91. The van der Waals surface area contributed by atoms with E-state index in [9.17, 15) is 9.35 Å². The third kappa shape index (κ3) is 4.32. The Labute approximate surface area is 149 Å². The fraction of sp³-hybridized carbons (Fsp3) is 0.167. The number of allylic oxidation sites excluding steroid dienone is 1. The summed E-state index contributed by atoms with van der Waals surface area (Å²) in [4.78, 5) is 13.0. The topological polar surface area (TPSA) is 58.6 Å². The predicted octanol–water partition coefficient (Wildman–Crippen LogP) is 3.99. The van der Waals surface area contributed by atoms with Crippen LogP contribution in [0.15, 0.2) is 47.4 Å². The lowest BCUT2D eigenvalue weighted by Gasteiger charge is -2.13. The molecule has 0 aliphatic carbocycles. The van der Waals surface area contributed by atoms with Gasteiger partial charge in [-0.25, -0.2) is 0 Å². The molecule has 1 unspecified atom stereocenters. The Morgan fingerprint density at radius 2 is 1.88 bits per heavy atom. The van der Waals surface area contributed by atoms with Crippen molar-refractivity contribution >= 4 is 34.6 Å². The monoisotopic (exact) mass is 364 g/mol. The van der Waals surface area contributed by atoms with Gasteiger partial charge in [0.1, 0.15) is 12.0 Å². The quantitative estimate of drug-likeness (QED) is 0.441. The summed E-state index contributed by atoms with van der Waals surface area (Å²) >= 11 is 4.63. The smallest absolute Gasteiger partial charge is 0.195 e. The van der Waals surface area contributed by atoms with Gasteiger partial charge in [-0.3, -0.25) is 4.79 Å². The average Bonchev–Trinajstić information content (AvgIpc) is 2.58. The molecule has 0 saturated carbocycles. The van der Waals surface area contributed by atoms with E-state index in [1.165, 1.54) is 26.6 Å². The first kappa shape index (κ1) is 18.4. The molecule has 0 N–H and O–H groups in total. The van der Waals surface area contributed by atoms with Crippen LogP contribution in [0.1, 0.15) is 15.9 Å². The van der Waals surface area contributed by atoms with Crippen molar-refractivity contribution < 1.29 is 18.8 Å². The largest absolute Gasteiger partial charge is 0.612 e. The molecular formula is C18H17ClO4S. The van der Waals surface area contributed by atoms with Gasteiger partial charge in [0.05, 0.1) is 19.8 Å². The third-order valence-electron chi connectivity index (χ3n) is 3.34. The third-order valence-corrected chi connectivity index (χ3v) is 4.51. The van der Waals surface area contributed by atoms with E-state index in [2.05, 4.69) is 0 Å². The van der Waals surface area contributed by atoms with Gasteiger partial charge >= 0.3 is 0 Å². The van der Waals surface area contributed by atoms with E-state index in [1.54, 1.807) is 36.4 Å². The number of methoxy groups -OCH3 is 2. The minimum Gasteiger partial charge on any atom is -0.612 e. The van der Waals surface area contributed by atoms with Crippen LogP contribution in [0.3, 0.4) is 0 Å². The van der Waals surface area contributed by atoms with Crippen LogP contribution in [0.4, 0.5) is 0 Å². The lowest BCUT2D eigenvalue weighted by Crippen LogP contribution is -2.06. The molecule has 1 atom stereocenters. The number of carbonyl (C=O) groups is 1. The molecule has 0 saturated heterocycles. The summed E-state index contributed by atoms with van der Waals surface area (Å²) < 4.78 is 22.3. The summed E-state index contributed by atoms with van der Waals surface area (Å²) in [6.45, 7) is 0. The molecule has 0 aliphatic rings. The Hall–Kier alpha value is -1.95. The van der Waals surface area contributed by atoms with Crippen LogP contribution in [-0.2, 0) is 11.2 Å². The van der Waals surface area contributed by atoms with Gasteiger partial charge in [0.2, 0.25) is 0 Å². The van der Waals surface area contributed by atoms with Gasteiger partial charge < -0.3 is 14.0 Å². The fourth-order valence-corrected chi connectivity index (χ4v) is 3.07. The van der Waals surface area contributed by atoms with E-state index in [1.807, 2.05) is 6.07 Å². The molecule has 2 rings (SSSR count). The van der Waals surface area contributed by atoms with Gasteiger partial charge in [-0.2, -0.15) is 0 Å². The van der Waals surface area contributed by atoms with Crippen molar-refractivity contribution in [2.45, 2.75) is 4.90 Å². The Morgan fingerprint density at radius 1 is 1.17 bits per heavy atom. The Morgan fingerprint density at radius 3 is 2.46 bits per heavy atom. The maximum absolute atomic E-state index is 12.5. The van der Waals surface area contributed by atoms with Crippen LogP contribution in [0.2, 0.25) is 5.02 Å². The lowest BCUT2D eigenvalue weighted by molar-refractivity contribution is 0.104. The predicted molar refractivity (Wildman–Crippen MR) is 96.7 cm³/mol. The number of benzene rings is 2. The highest BCUT2D eigenvalue weighted by atomic mass is 35.5. The summed E-state index contributed by atoms with van der Waals surface area (Å²) in [5.74, 6) is 0.519. The lowest BCUT2D eigenvalue weighted by atomic mass is 10.1. The number of carbonyl (C=O) groups excluding carboxylic acids is 1. The van der Waals surface area contributed by atoms with E-state index in [0.29, 0.717) is 27.0 Å². The Kier molecular flexibility index (Phi) is 6.31. The van der Waals surface area contributed by atoms with Crippen molar-refractivity contribution in [1.82, 2.24) is 0 Å². The second-order valence-corrected chi connectivity index (χ2v) is 6.69. The van der Waals surface area contributed by atoms with Crippen LogP contribution in [0.25, 0.3) is 6.08 Å². The van der Waals surface area contributed by atoms with Crippen LogP contribution < -0.4 is 9.47 Å². The standard InChI is InChI=1S/C18H17ClO4S/c1-22-16-11-17(23-2)18(24(3)21)10-14(16)15(20)8-7-12-5-4-6-13(19)9-12/h4-11H,1-3H3/b8-7+. The minimum absolute atomic E-state index is 0.263. The van der Waals surface area contributed by atoms with Crippen molar-refractivity contribution in [3.05, 3.63) is 58.6 Å². The molecule has 2 aromatic rings. The van der Waals surface area contributed by atoms with E-state index in [-0.39, 0.29) is 5.78 Å². The van der Waals surface area contributed by atoms with Gasteiger partial charge in [0, 0.05) is 17.2 Å². The number of hydrogen-bond donors (Lipinski definition) is 0. The Bertz CT molecular complexity index is 772. The van der Waals surface area contributed by atoms with Gasteiger partial charge in [-0.05, 0) is 34.9 Å². The molecule has 24 heavy (non-hydrogen) atoms. The van der Waals surface area contributed by atoms with Crippen LogP contribution in [-0.4, -0.2) is 30.8 Å². The molecule has 2 aromatic carbocycles. The first-order chi connectivity index (χ1) is 11.5. The zero-order chi connectivity index (χ0) is 17.7.